The van der Waals surface area contributed by atoms with Gasteiger partial charge in [0.2, 0.25) is 0 Å². The number of sulfonamides is 2. The van der Waals surface area contributed by atoms with E-state index in [1.807, 2.05) is 91.8 Å². The Balaban J connectivity index is 0.000000235. The zero-order chi connectivity index (χ0) is 44.7. The van der Waals surface area contributed by atoms with E-state index < -0.39 is 20.0 Å². The van der Waals surface area contributed by atoms with Crippen molar-refractivity contribution < 1.29 is 40.9 Å². The number of hydrogen-bond donors (Lipinski definition) is 1. The van der Waals surface area contributed by atoms with Gasteiger partial charge in [0.1, 0.15) is 35.7 Å². The highest BCUT2D eigenvalue weighted by Crippen LogP contribution is 2.24. The number of likely N-dealkylation sites (N-methyl/N-ethyl adjacent to an activating group) is 1. The Morgan fingerprint density at radius 1 is 0.500 bits per heavy atom. The summed E-state index contributed by atoms with van der Waals surface area (Å²) < 4.78 is 79.8. The van der Waals surface area contributed by atoms with E-state index in [0.29, 0.717) is 29.5 Å². The number of benzene rings is 4. The molecule has 0 fully saturated rings. The largest absolute Gasteiger partial charge is 0.497 e. The van der Waals surface area contributed by atoms with Crippen molar-refractivity contribution in [2.45, 2.75) is 49.6 Å². The number of aromatic nitrogens is 6. The summed E-state index contributed by atoms with van der Waals surface area (Å²) in [5.41, 5.74) is 3.25. The number of methoxy groups -OCH3 is 4. The van der Waals surface area contributed by atoms with Gasteiger partial charge in [0.15, 0.2) is 0 Å². The number of aliphatic hydroxyl groups is 1. The van der Waals surface area contributed by atoms with Gasteiger partial charge in [0.05, 0.1) is 48.1 Å². The zero-order valence-corrected chi connectivity index (χ0v) is 37.2. The minimum atomic E-state index is -3.98. The van der Waals surface area contributed by atoms with Crippen molar-refractivity contribution in [3.05, 3.63) is 132 Å². The van der Waals surface area contributed by atoms with E-state index in [1.54, 1.807) is 57.4 Å². The molecule has 0 aliphatic carbocycles. The molecule has 6 rings (SSSR count). The molecule has 0 radical (unpaired) electrons. The standard InChI is InChI=1S/C22H29N5O4S.C20H24N4O5S/c1-25(2)13-14-26-17-23-22(24-26)32(28,29)27(15-18-5-9-20(30-3)10-6-18)16-19-7-11-21(31-4)12-8-19;1-28-18-7-3-16(4-8-18)13-24(14-17-5-9-19(29-2)10-6-17)30(26,27)20-21-15-23(22-20)11-12-25/h5-12,17H,13-16H2,1-4H3;3-10,15,25H,11-14H2,1-2H3. The molecule has 332 valence electrons. The van der Waals surface area contributed by atoms with Crippen molar-refractivity contribution in [3.63, 3.8) is 0 Å². The minimum Gasteiger partial charge on any atom is -0.497 e. The normalized spacial score (nSPS) is 11.7. The molecule has 0 aliphatic heterocycles. The van der Waals surface area contributed by atoms with Crippen molar-refractivity contribution >= 4 is 20.0 Å². The summed E-state index contributed by atoms with van der Waals surface area (Å²) in [6.45, 7) is 1.88. The highest BCUT2D eigenvalue weighted by Gasteiger charge is 2.30. The van der Waals surface area contributed by atoms with Gasteiger partial charge >= 0.3 is 0 Å². The van der Waals surface area contributed by atoms with E-state index in [0.717, 1.165) is 28.8 Å². The monoisotopic (exact) mass is 891 g/mol. The van der Waals surface area contributed by atoms with Crippen molar-refractivity contribution in [2.24, 2.45) is 0 Å². The topological polar surface area (TPSA) is 197 Å². The van der Waals surface area contributed by atoms with Gasteiger partial charge < -0.3 is 29.0 Å². The second-order valence-electron chi connectivity index (χ2n) is 14.0. The fourth-order valence-corrected chi connectivity index (χ4v) is 8.35. The third-order valence-electron chi connectivity index (χ3n) is 9.35. The van der Waals surface area contributed by atoms with Gasteiger partial charge in [0, 0.05) is 32.7 Å². The molecule has 6 aromatic rings. The summed E-state index contributed by atoms with van der Waals surface area (Å²) in [7, 11) is 2.30. The van der Waals surface area contributed by atoms with Crippen LogP contribution in [-0.2, 0) is 59.3 Å². The second kappa shape index (κ2) is 22.3. The summed E-state index contributed by atoms with van der Waals surface area (Å²) >= 11 is 0. The first-order chi connectivity index (χ1) is 29.8. The van der Waals surface area contributed by atoms with E-state index in [-0.39, 0.29) is 49.6 Å². The minimum absolute atomic E-state index is 0.132. The number of aliphatic hydroxyl groups excluding tert-OH is 1. The second-order valence-corrected chi connectivity index (χ2v) is 17.7. The summed E-state index contributed by atoms with van der Waals surface area (Å²) in [4.78, 5) is 10.0. The van der Waals surface area contributed by atoms with Gasteiger partial charge in [-0.25, -0.2) is 31.5 Å². The number of rotatable bonds is 21. The molecular formula is C42H53N9O9S2. The number of ether oxygens (including phenoxy) is 4. The van der Waals surface area contributed by atoms with Gasteiger partial charge in [-0.1, -0.05) is 48.5 Å². The van der Waals surface area contributed by atoms with Crippen molar-refractivity contribution in [3.8, 4) is 23.0 Å². The Bertz CT molecular complexity index is 2400. The van der Waals surface area contributed by atoms with Crippen LogP contribution < -0.4 is 18.9 Å². The van der Waals surface area contributed by atoms with Crippen molar-refractivity contribution in [2.75, 3.05) is 55.7 Å². The highest BCUT2D eigenvalue weighted by atomic mass is 32.2. The lowest BCUT2D eigenvalue weighted by Gasteiger charge is -2.21. The van der Waals surface area contributed by atoms with Crippen LogP contribution >= 0.6 is 0 Å². The first-order valence-corrected chi connectivity index (χ1v) is 22.2. The molecule has 0 spiro atoms. The maximum absolute atomic E-state index is 13.5. The Kier molecular flexibility index (Phi) is 16.9. The van der Waals surface area contributed by atoms with Crippen LogP contribution in [0.4, 0.5) is 0 Å². The number of nitrogens with zero attached hydrogens (tertiary/aromatic N) is 9. The molecule has 62 heavy (non-hydrogen) atoms. The molecule has 2 aromatic heterocycles. The average Bonchev–Trinajstić information content (AvgIpc) is 3.98. The molecule has 4 aromatic carbocycles. The molecule has 18 nitrogen and oxygen atoms in total. The average molecular weight is 892 g/mol. The van der Waals surface area contributed by atoms with E-state index in [4.69, 9.17) is 24.1 Å². The van der Waals surface area contributed by atoms with Crippen molar-refractivity contribution in [1.82, 2.24) is 43.0 Å². The van der Waals surface area contributed by atoms with Gasteiger partial charge in [-0.05, 0) is 84.9 Å². The Morgan fingerprint density at radius 2 is 0.790 bits per heavy atom. The zero-order valence-electron chi connectivity index (χ0n) is 35.6. The molecular weight excluding hydrogens is 839 g/mol. The molecule has 0 atom stereocenters. The predicted octanol–water partition coefficient (Wildman–Crippen LogP) is 3.93. The van der Waals surface area contributed by atoms with Crippen LogP contribution in [0.2, 0.25) is 0 Å². The van der Waals surface area contributed by atoms with Crippen LogP contribution in [-0.4, -0.2) is 121 Å². The summed E-state index contributed by atoms with van der Waals surface area (Å²) in [5, 5.41) is 16.8. The number of hydrogen-bond acceptors (Lipinski definition) is 14. The summed E-state index contributed by atoms with van der Waals surface area (Å²) in [6, 6.07) is 29.0. The summed E-state index contributed by atoms with van der Waals surface area (Å²) in [6.07, 6.45) is 2.75. The van der Waals surface area contributed by atoms with E-state index in [2.05, 4.69) is 20.2 Å². The Hall–Kier alpha value is -5.90. The Morgan fingerprint density at radius 3 is 1.05 bits per heavy atom. The van der Waals surface area contributed by atoms with Crippen LogP contribution in [0.5, 0.6) is 23.0 Å². The smallest absolute Gasteiger partial charge is 0.282 e. The third-order valence-corrected chi connectivity index (χ3v) is 12.5. The van der Waals surface area contributed by atoms with E-state index >= 15 is 0 Å². The Labute approximate surface area is 363 Å². The maximum atomic E-state index is 13.5. The van der Waals surface area contributed by atoms with Crippen molar-refractivity contribution in [1.29, 1.82) is 0 Å². The molecule has 20 heteroatoms. The first-order valence-electron chi connectivity index (χ1n) is 19.3. The maximum Gasteiger partial charge on any atom is 0.282 e. The van der Waals surface area contributed by atoms with Gasteiger partial charge in [-0.15, -0.1) is 10.2 Å². The van der Waals surface area contributed by atoms with E-state index in [9.17, 15) is 16.8 Å². The first kappa shape index (κ1) is 47.2. The van der Waals surface area contributed by atoms with Crippen LogP contribution in [0.15, 0.2) is 120 Å². The fourth-order valence-electron chi connectivity index (χ4n) is 5.83. The van der Waals surface area contributed by atoms with Gasteiger partial charge in [-0.3, -0.25) is 4.68 Å². The molecule has 0 amide bonds. The third kappa shape index (κ3) is 13.1. The van der Waals surface area contributed by atoms with Crippen LogP contribution in [0.25, 0.3) is 0 Å². The van der Waals surface area contributed by atoms with Crippen LogP contribution in [0.3, 0.4) is 0 Å². The molecule has 1 N–H and O–H groups in total. The molecule has 0 saturated heterocycles. The molecule has 0 unspecified atom stereocenters. The molecule has 0 saturated carbocycles. The quantitative estimate of drug-likeness (QED) is 0.109. The van der Waals surface area contributed by atoms with Gasteiger partial charge in [0.25, 0.3) is 30.4 Å². The van der Waals surface area contributed by atoms with Gasteiger partial charge in [-0.2, -0.15) is 8.61 Å². The van der Waals surface area contributed by atoms with Crippen LogP contribution in [0, 0.1) is 0 Å². The molecule has 2 heterocycles. The lowest BCUT2D eigenvalue weighted by Crippen LogP contribution is -2.31. The lowest BCUT2D eigenvalue weighted by atomic mass is 10.2. The van der Waals surface area contributed by atoms with Crippen LogP contribution in [0.1, 0.15) is 22.3 Å². The fraction of sp³-hybridized carbons (Fsp3) is 0.333. The summed E-state index contributed by atoms with van der Waals surface area (Å²) in [5.74, 6) is 2.79. The SMILES string of the molecule is COc1ccc(CN(Cc2ccc(OC)cc2)S(=O)(=O)c2ncn(CCN(C)C)n2)cc1.COc1ccc(CN(Cc2ccc(OC)cc2)S(=O)(=O)c2ncn(CCO)n2)cc1. The lowest BCUT2D eigenvalue weighted by molar-refractivity contribution is 0.268. The van der Waals surface area contributed by atoms with E-state index in [1.165, 1.54) is 25.9 Å². The predicted molar refractivity (Wildman–Crippen MR) is 231 cm³/mol. The highest BCUT2D eigenvalue weighted by molar-refractivity contribution is 7.89. The molecule has 0 bridgehead atoms. The molecule has 0 aliphatic rings.